The van der Waals surface area contributed by atoms with Gasteiger partial charge in [-0.25, -0.2) is 4.98 Å². The number of nitrogens with one attached hydrogen (secondary N) is 3. The second-order valence-corrected chi connectivity index (χ2v) is 8.96. The molecule has 1 fully saturated rings. The molecular weight excluding hydrogens is 478 g/mol. The van der Waals surface area contributed by atoms with Crippen LogP contribution in [-0.2, 0) is 13.0 Å². The lowest BCUT2D eigenvalue weighted by molar-refractivity contribution is 0.101. The molecule has 2 amide bonds. The lowest BCUT2D eigenvalue weighted by Crippen LogP contribution is -2.34. The van der Waals surface area contributed by atoms with Crippen LogP contribution in [0.2, 0.25) is 5.02 Å². The molecule has 0 spiro atoms. The van der Waals surface area contributed by atoms with Gasteiger partial charge in [0.2, 0.25) is 0 Å². The zero-order valence-corrected chi connectivity index (χ0v) is 20.9. The van der Waals surface area contributed by atoms with Crippen LogP contribution < -0.4 is 26.4 Å². The predicted octanol–water partition coefficient (Wildman–Crippen LogP) is 4.39. The molecule has 4 rings (SSSR count). The Bertz CT molecular complexity index is 1230. The van der Waals surface area contributed by atoms with Crippen LogP contribution in [0.15, 0.2) is 54.7 Å². The number of carbonyl (C=O) groups is 2. The van der Waals surface area contributed by atoms with E-state index in [0.717, 1.165) is 37.1 Å². The maximum absolute atomic E-state index is 13.5. The van der Waals surface area contributed by atoms with Crippen LogP contribution in [-0.4, -0.2) is 36.0 Å². The van der Waals surface area contributed by atoms with Crippen molar-refractivity contribution in [2.45, 2.75) is 38.8 Å². The maximum Gasteiger partial charge on any atom is 0.259 e. The Labute approximate surface area is 215 Å². The first kappa shape index (κ1) is 25.6. The summed E-state index contributed by atoms with van der Waals surface area (Å²) in [5.41, 5.74) is 8.96. The number of hydrogen-bond donors (Lipinski definition) is 4. The number of benzene rings is 2. The van der Waals surface area contributed by atoms with Crippen LogP contribution in [0.3, 0.4) is 0 Å². The Morgan fingerprint density at radius 2 is 1.81 bits per heavy atom. The number of piperidine rings is 1. The normalized spacial score (nSPS) is 13.8. The van der Waals surface area contributed by atoms with Gasteiger partial charge in [0.1, 0.15) is 17.7 Å². The molecule has 188 valence electrons. The van der Waals surface area contributed by atoms with Gasteiger partial charge in [0, 0.05) is 12.7 Å². The molecule has 1 aliphatic rings. The summed E-state index contributed by atoms with van der Waals surface area (Å²) < 4.78 is 6.42. The highest BCUT2D eigenvalue weighted by atomic mass is 35.5. The topological polar surface area (TPSA) is 118 Å². The highest BCUT2D eigenvalue weighted by Crippen LogP contribution is 2.31. The molecule has 2 aromatic carbocycles. The number of pyridine rings is 1. The van der Waals surface area contributed by atoms with E-state index in [0.29, 0.717) is 46.4 Å². The van der Waals surface area contributed by atoms with Crippen molar-refractivity contribution in [3.63, 3.8) is 0 Å². The molecule has 0 atom stereocenters. The molecule has 0 bridgehead atoms. The molecule has 3 aromatic rings. The van der Waals surface area contributed by atoms with Gasteiger partial charge < -0.3 is 26.4 Å². The third-order valence-corrected chi connectivity index (χ3v) is 6.36. The second-order valence-electron chi connectivity index (χ2n) is 8.52. The number of halogens is 1. The Kier molecular flexibility index (Phi) is 8.53. The van der Waals surface area contributed by atoms with Gasteiger partial charge in [0.15, 0.2) is 0 Å². The summed E-state index contributed by atoms with van der Waals surface area (Å²) in [6.45, 7) is 4.12. The lowest BCUT2D eigenvalue weighted by atomic mass is 9.98. The number of anilines is 2. The number of carbonyl (C=O) groups excluding carboxylic acids is 2. The van der Waals surface area contributed by atoms with Gasteiger partial charge in [-0.1, -0.05) is 36.7 Å². The minimum Gasteiger partial charge on any atom is -0.489 e. The average Bonchev–Trinajstić information content (AvgIpc) is 2.90. The summed E-state index contributed by atoms with van der Waals surface area (Å²) in [4.78, 5) is 30.6. The number of nitrogens with two attached hydrogens (primary N) is 1. The van der Waals surface area contributed by atoms with Crippen molar-refractivity contribution in [2.24, 2.45) is 5.73 Å². The zero-order valence-electron chi connectivity index (χ0n) is 20.1. The fraction of sp³-hybridized carbons (Fsp3) is 0.296. The van der Waals surface area contributed by atoms with Gasteiger partial charge in [-0.05, 0) is 73.8 Å². The quantitative estimate of drug-likeness (QED) is 0.359. The minimum absolute atomic E-state index is 0.0149. The van der Waals surface area contributed by atoms with Gasteiger partial charge in [-0.15, -0.1) is 0 Å². The first-order valence-corrected chi connectivity index (χ1v) is 12.4. The van der Waals surface area contributed by atoms with Crippen molar-refractivity contribution >= 4 is 34.9 Å². The molecule has 0 aliphatic carbocycles. The van der Waals surface area contributed by atoms with E-state index in [9.17, 15) is 9.59 Å². The summed E-state index contributed by atoms with van der Waals surface area (Å²) in [5, 5.41) is 9.44. The van der Waals surface area contributed by atoms with Crippen LogP contribution in [0.25, 0.3) is 0 Å². The molecule has 36 heavy (non-hydrogen) atoms. The van der Waals surface area contributed by atoms with Crippen LogP contribution in [0.1, 0.15) is 51.6 Å². The molecule has 1 aromatic heterocycles. The van der Waals surface area contributed by atoms with Crippen molar-refractivity contribution < 1.29 is 14.3 Å². The van der Waals surface area contributed by atoms with Crippen LogP contribution in [0, 0.1) is 0 Å². The molecule has 0 unspecified atom stereocenters. The molecule has 5 N–H and O–H groups in total. The zero-order chi connectivity index (χ0) is 25.5. The smallest absolute Gasteiger partial charge is 0.259 e. The summed E-state index contributed by atoms with van der Waals surface area (Å²) in [6, 6.07) is 13.7. The Morgan fingerprint density at radius 1 is 1.06 bits per heavy atom. The monoisotopic (exact) mass is 507 g/mol. The van der Waals surface area contributed by atoms with Gasteiger partial charge in [0.25, 0.3) is 11.8 Å². The average molecular weight is 508 g/mol. The number of rotatable bonds is 8. The molecule has 9 heteroatoms. The van der Waals surface area contributed by atoms with E-state index in [1.165, 1.54) is 6.20 Å². The van der Waals surface area contributed by atoms with E-state index in [1.807, 2.05) is 13.0 Å². The van der Waals surface area contributed by atoms with Gasteiger partial charge in [-0.3, -0.25) is 9.59 Å². The Balaban J connectivity index is 1.61. The van der Waals surface area contributed by atoms with Gasteiger partial charge in [-0.2, -0.15) is 0 Å². The SMILES string of the molecule is CCc1c(CN)ccc(C(=O)Nc2ccccc2C(=O)Nc2ccc(Cl)cn2)c1OC1CCNCC1. The van der Waals surface area contributed by atoms with Crippen LogP contribution in [0.4, 0.5) is 11.5 Å². The minimum atomic E-state index is -0.403. The van der Waals surface area contributed by atoms with E-state index in [4.69, 9.17) is 22.1 Å². The van der Waals surface area contributed by atoms with Crippen molar-refractivity contribution in [3.05, 3.63) is 82.0 Å². The number of hydrogen-bond acceptors (Lipinski definition) is 6. The summed E-state index contributed by atoms with van der Waals surface area (Å²) in [6.07, 6.45) is 3.87. The number of amides is 2. The Hall–Kier alpha value is -3.46. The number of nitrogens with zero attached hydrogens (tertiary/aromatic N) is 1. The van der Waals surface area contributed by atoms with Crippen LogP contribution in [0.5, 0.6) is 5.75 Å². The third-order valence-electron chi connectivity index (χ3n) is 6.14. The lowest BCUT2D eigenvalue weighted by Gasteiger charge is -2.27. The molecule has 8 nitrogen and oxygen atoms in total. The predicted molar refractivity (Wildman–Crippen MR) is 142 cm³/mol. The van der Waals surface area contributed by atoms with E-state index >= 15 is 0 Å². The van der Waals surface area contributed by atoms with E-state index in [2.05, 4.69) is 20.9 Å². The summed E-state index contributed by atoms with van der Waals surface area (Å²) in [7, 11) is 0. The fourth-order valence-electron chi connectivity index (χ4n) is 4.25. The highest BCUT2D eigenvalue weighted by molar-refractivity contribution is 6.30. The van der Waals surface area contributed by atoms with Crippen molar-refractivity contribution in [3.8, 4) is 5.75 Å². The highest BCUT2D eigenvalue weighted by Gasteiger charge is 2.24. The first-order valence-electron chi connectivity index (χ1n) is 12.1. The molecular formula is C27H30ClN5O3. The number of aromatic nitrogens is 1. The van der Waals surface area contributed by atoms with E-state index in [1.54, 1.807) is 42.5 Å². The first-order chi connectivity index (χ1) is 17.5. The van der Waals surface area contributed by atoms with Crippen molar-refractivity contribution in [1.29, 1.82) is 0 Å². The maximum atomic E-state index is 13.5. The number of ether oxygens (including phenoxy) is 1. The third kappa shape index (κ3) is 6.02. The molecule has 1 saturated heterocycles. The number of para-hydroxylation sites is 1. The Morgan fingerprint density at radius 3 is 2.50 bits per heavy atom. The van der Waals surface area contributed by atoms with E-state index in [-0.39, 0.29) is 12.0 Å². The molecule has 2 heterocycles. The second kappa shape index (κ2) is 12.0. The van der Waals surface area contributed by atoms with Gasteiger partial charge >= 0.3 is 0 Å². The van der Waals surface area contributed by atoms with Crippen molar-refractivity contribution in [1.82, 2.24) is 10.3 Å². The standard InChI is InChI=1S/C27H30ClN5O3/c1-2-20-17(15-29)7-9-22(25(20)36-19-11-13-30-14-12-19)27(35)32-23-6-4-3-5-21(23)26(34)33-24-10-8-18(28)16-31-24/h3-10,16,19,30H,2,11-15,29H2,1H3,(H,32,35)(H,31,33,34). The van der Waals surface area contributed by atoms with Crippen LogP contribution >= 0.6 is 11.6 Å². The largest absolute Gasteiger partial charge is 0.489 e. The van der Waals surface area contributed by atoms with Crippen molar-refractivity contribution in [2.75, 3.05) is 23.7 Å². The summed E-state index contributed by atoms with van der Waals surface area (Å²) in [5.74, 6) is 0.159. The molecule has 0 radical (unpaired) electrons. The van der Waals surface area contributed by atoms with Gasteiger partial charge in [0.05, 0.1) is 21.8 Å². The fourth-order valence-corrected chi connectivity index (χ4v) is 4.37. The molecule has 0 saturated carbocycles. The van der Waals surface area contributed by atoms with E-state index < -0.39 is 5.91 Å². The summed E-state index contributed by atoms with van der Waals surface area (Å²) >= 11 is 5.88. The molecule has 1 aliphatic heterocycles.